The summed E-state index contributed by atoms with van der Waals surface area (Å²) in [5, 5.41) is 11.4. The molecule has 5 heteroatoms. The number of carbonyl (C=O) groups excluding carboxylic acids is 1. The number of carbonyl (C=O) groups is 1. The standard InChI is InChI=1S/C12H17N3O2/c1-8-4-6-10(7-5-8)15(3)12(16)9(2)11(13)14-17/h4-7,9,17H,1-3H3,(H2,13,14). The number of amidine groups is 1. The highest BCUT2D eigenvalue weighted by atomic mass is 16.4. The molecule has 0 spiro atoms. The first-order valence-electron chi connectivity index (χ1n) is 5.29. The topological polar surface area (TPSA) is 78.9 Å². The Morgan fingerprint density at radius 2 is 1.94 bits per heavy atom. The SMILES string of the molecule is Cc1ccc(N(C)C(=O)C(C)C(N)=NO)cc1. The van der Waals surface area contributed by atoms with Gasteiger partial charge in [-0.3, -0.25) is 4.79 Å². The number of anilines is 1. The molecule has 0 aliphatic carbocycles. The van der Waals surface area contributed by atoms with Crippen molar-refractivity contribution in [2.75, 3.05) is 11.9 Å². The highest BCUT2D eigenvalue weighted by Crippen LogP contribution is 2.15. The molecule has 0 fully saturated rings. The van der Waals surface area contributed by atoms with Gasteiger partial charge in [0.25, 0.3) is 0 Å². The number of hydrogen-bond donors (Lipinski definition) is 2. The van der Waals surface area contributed by atoms with Crippen LogP contribution >= 0.6 is 0 Å². The average molecular weight is 235 g/mol. The fraction of sp³-hybridized carbons (Fsp3) is 0.333. The average Bonchev–Trinajstić information content (AvgIpc) is 2.36. The fourth-order valence-corrected chi connectivity index (χ4v) is 1.40. The quantitative estimate of drug-likeness (QED) is 0.359. The molecule has 3 N–H and O–H groups in total. The second-order valence-electron chi connectivity index (χ2n) is 3.98. The van der Waals surface area contributed by atoms with E-state index in [-0.39, 0.29) is 11.7 Å². The lowest BCUT2D eigenvalue weighted by molar-refractivity contribution is -0.119. The minimum absolute atomic E-state index is 0.0889. The second-order valence-corrected chi connectivity index (χ2v) is 3.98. The second kappa shape index (κ2) is 5.34. The molecular formula is C12H17N3O2. The van der Waals surface area contributed by atoms with Gasteiger partial charge in [0.05, 0.1) is 5.92 Å². The summed E-state index contributed by atoms with van der Waals surface area (Å²) >= 11 is 0. The van der Waals surface area contributed by atoms with Crippen LogP contribution in [-0.4, -0.2) is 24.0 Å². The maximum atomic E-state index is 12.0. The molecule has 1 aromatic carbocycles. The molecule has 0 aliphatic heterocycles. The third kappa shape index (κ3) is 2.96. The smallest absolute Gasteiger partial charge is 0.237 e. The highest BCUT2D eigenvalue weighted by Gasteiger charge is 2.22. The van der Waals surface area contributed by atoms with Crippen molar-refractivity contribution in [3.05, 3.63) is 29.8 Å². The molecule has 0 heterocycles. The number of oxime groups is 1. The third-order valence-electron chi connectivity index (χ3n) is 2.68. The van der Waals surface area contributed by atoms with Gasteiger partial charge >= 0.3 is 0 Å². The number of nitrogens with zero attached hydrogens (tertiary/aromatic N) is 2. The van der Waals surface area contributed by atoms with Gasteiger partial charge in [-0.25, -0.2) is 0 Å². The Morgan fingerprint density at radius 1 is 1.41 bits per heavy atom. The fourth-order valence-electron chi connectivity index (χ4n) is 1.40. The van der Waals surface area contributed by atoms with E-state index >= 15 is 0 Å². The monoisotopic (exact) mass is 235 g/mol. The van der Waals surface area contributed by atoms with E-state index in [1.165, 1.54) is 4.90 Å². The van der Waals surface area contributed by atoms with Crippen LogP contribution in [0.4, 0.5) is 5.69 Å². The van der Waals surface area contributed by atoms with Gasteiger partial charge < -0.3 is 15.8 Å². The Balaban J connectivity index is 2.86. The van der Waals surface area contributed by atoms with Crippen molar-refractivity contribution in [2.24, 2.45) is 16.8 Å². The number of hydrogen-bond acceptors (Lipinski definition) is 3. The van der Waals surface area contributed by atoms with Crippen LogP contribution in [0.25, 0.3) is 0 Å². The summed E-state index contributed by atoms with van der Waals surface area (Å²) in [5.74, 6) is -0.954. The van der Waals surface area contributed by atoms with Gasteiger partial charge in [0, 0.05) is 12.7 Å². The van der Waals surface area contributed by atoms with Gasteiger partial charge in [0.2, 0.25) is 5.91 Å². The molecule has 0 aliphatic rings. The summed E-state index contributed by atoms with van der Waals surface area (Å²) in [6.07, 6.45) is 0. The predicted octanol–water partition coefficient (Wildman–Crippen LogP) is 1.34. The molecule has 1 unspecified atom stereocenters. The first kappa shape index (κ1) is 13.0. The van der Waals surface area contributed by atoms with Crippen LogP contribution in [0.2, 0.25) is 0 Å². The molecule has 1 rings (SSSR count). The normalized spacial score (nSPS) is 13.2. The summed E-state index contributed by atoms with van der Waals surface area (Å²) in [4.78, 5) is 13.5. The summed E-state index contributed by atoms with van der Waals surface area (Å²) in [5.41, 5.74) is 7.31. The number of benzene rings is 1. The maximum absolute atomic E-state index is 12.0. The minimum Gasteiger partial charge on any atom is -0.409 e. The zero-order chi connectivity index (χ0) is 13.0. The van der Waals surface area contributed by atoms with E-state index in [0.717, 1.165) is 11.3 Å². The van der Waals surface area contributed by atoms with E-state index in [2.05, 4.69) is 5.16 Å². The Hall–Kier alpha value is -2.04. The number of nitrogens with two attached hydrogens (primary N) is 1. The van der Waals surface area contributed by atoms with Crippen molar-refractivity contribution >= 4 is 17.4 Å². The van der Waals surface area contributed by atoms with Gasteiger partial charge in [0.1, 0.15) is 0 Å². The molecule has 0 bridgehead atoms. The van der Waals surface area contributed by atoms with Crippen molar-refractivity contribution in [3.63, 3.8) is 0 Å². The molecule has 17 heavy (non-hydrogen) atoms. The number of aryl methyl sites for hydroxylation is 1. The summed E-state index contributed by atoms with van der Waals surface area (Å²) in [6.45, 7) is 3.58. The molecule has 0 saturated carbocycles. The van der Waals surface area contributed by atoms with Crippen LogP contribution in [0.1, 0.15) is 12.5 Å². The largest absolute Gasteiger partial charge is 0.409 e. The first-order valence-corrected chi connectivity index (χ1v) is 5.29. The Labute approximate surface area is 101 Å². The van der Waals surface area contributed by atoms with Crippen molar-refractivity contribution < 1.29 is 10.0 Å². The molecular weight excluding hydrogens is 218 g/mol. The third-order valence-corrected chi connectivity index (χ3v) is 2.68. The Bertz CT molecular complexity index is 426. The Kier molecular flexibility index (Phi) is 4.09. The van der Waals surface area contributed by atoms with Crippen LogP contribution in [0.5, 0.6) is 0 Å². The zero-order valence-corrected chi connectivity index (χ0v) is 10.2. The molecule has 1 aromatic rings. The molecule has 1 atom stereocenters. The predicted molar refractivity (Wildman–Crippen MR) is 67.2 cm³/mol. The lowest BCUT2D eigenvalue weighted by Crippen LogP contribution is -2.38. The van der Waals surface area contributed by atoms with Crippen LogP contribution in [0.3, 0.4) is 0 Å². The van der Waals surface area contributed by atoms with E-state index in [1.807, 2.05) is 31.2 Å². The van der Waals surface area contributed by atoms with Gasteiger partial charge in [-0.1, -0.05) is 22.9 Å². The summed E-state index contributed by atoms with van der Waals surface area (Å²) in [7, 11) is 1.66. The van der Waals surface area contributed by atoms with Crippen LogP contribution in [0.15, 0.2) is 29.4 Å². The van der Waals surface area contributed by atoms with E-state index in [4.69, 9.17) is 10.9 Å². The van der Waals surface area contributed by atoms with E-state index in [1.54, 1.807) is 14.0 Å². The van der Waals surface area contributed by atoms with Gasteiger partial charge in [0.15, 0.2) is 5.84 Å². The molecule has 0 aromatic heterocycles. The van der Waals surface area contributed by atoms with E-state index in [9.17, 15) is 4.79 Å². The molecule has 0 saturated heterocycles. The maximum Gasteiger partial charge on any atom is 0.237 e. The highest BCUT2D eigenvalue weighted by molar-refractivity contribution is 6.08. The van der Waals surface area contributed by atoms with Crippen LogP contribution < -0.4 is 10.6 Å². The minimum atomic E-state index is -0.647. The summed E-state index contributed by atoms with van der Waals surface area (Å²) in [6, 6.07) is 7.55. The molecule has 92 valence electrons. The van der Waals surface area contributed by atoms with E-state index < -0.39 is 5.92 Å². The van der Waals surface area contributed by atoms with Gasteiger partial charge in [-0.15, -0.1) is 0 Å². The van der Waals surface area contributed by atoms with E-state index in [0.29, 0.717) is 0 Å². The van der Waals surface area contributed by atoms with Crippen LogP contribution in [-0.2, 0) is 4.79 Å². The molecule has 5 nitrogen and oxygen atoms in total. The van der Waals surface area contributed by atoms with Crippen molar-refractivity contribution in [1.82, 2.24) is 0 Å². The molecule has 1 amide bonds. The first-order chi connectivity index (χ1) is 7.97. The van der Waals surface area contributed by atoms with Crippen LogP contribution in [0, 0.1) is 12.8 Å². The lowest BCUT2D eigenvalue weighted by Gasteiger charge is -2.20. The zero-order valence-electron chi connectivity index (χ0n) is 10.2. The number of amides is 1. The summed E-state index contributed by atoms with van der Waals surface area (Å²) < 4.78 is 0. The van der Waals surface area contributed by atoms with Gasteiger partial charge in [-0.2, -0.15) is 0 Å². The Morgan fingerprint density at radius 3 is 2.41 bits per heavy atom. The van der Waals surface area contributed by atoms with Crippen molar-refractivity contribution in [1.29, 1.82) is 0 Å². The lowest BCUT2D eigenvalue weighted by atomic mass is 10.1. The van der Waals surface area contributed by atoms with Crippen molar-refractivity contribution in [3.8, 4) is 0 Å². The molecule has 0 radical (unpaired) electrons. The van der Waals surface area contributed by atoms with Gasteiger partial charge in [-0.05, 0) is 26.0 Å². The number of rotatable bonds is 3. The van der Waals surface area contributed by atoms with Crippen molar-refractivity contribution in [2.45, 2.75) is 13.8 Å².